The van der Waals surface area contributed by atoms with E-state index in [0.717, 1.165) is 12.1 Å². The minimum atomic E-state index is -4.48. The number of allylic oxidation sites excluding steroid dienone is 2. The maximum Gasteiger partial charge on any atom is 0.417 e. The van der Waals surface area contributed by atoms with E-state index in [0.29, 0.717) is 18.3 Å². The summed E-state index contributed by atoms with van der Waals surface area (Å²) in [5.41, 5.74) is -0.142. The number of methoxy groups -OCH3 is 1. The van der Waals surface area contributed by atoms with Crippen molar-refractivity contribution >= 4 is 11.6 Å². The first kappa shape index (κ1) is 24.8. The first-order chi connectivity index (χ1) is 15.1. The van der Waals surface area contributed by atoms with Gasteiger partial charge in [-0.2, -0.15) is 13.2 Å². The van der Waals surface area contributed by atoms with Gasteiger partial charge in [-0.1, -0.05) is 6.08 Å². The summed E-state index contributed by atoms with van der Waals surface area (Å²) in [5, 5.41) is 8.20. The monoisotopic (exact) mass is 450 g/mol. The number of carbonyl (C=O) groups is 1. The summed E-state index contributed by atoms with van der Waals surface area (Å²) < 4.78 is 48.6. The number of alkyl halides is 3. The molecule has 172 valence electrons. The van der Waals surface area contributed by atoms with E-state index in [-0.39, 0.29) is 35.5 Å². The van der Waals surface area contributed by atoms with Gasteiger partial charge in [0.1, 0.15) is 6.61 Å². The van der Waals surface area contributed by atoms with Crippen LogP contribution in [0.2, 0.25) is 0 Å². The van der Waals surface area contributed by atoms with Gasteiger partial charge in [-0.05, 0) is 32.9 Å². The highest BCUT2D eigenvalue weighted by Crippen LogP contribution is 2.29. The number of carbonyl (C=O) groups excluding carboxylic acids is 1. The number of hydrogen-bond acceptors (Lipinski definition) is 6. The smallest absolute Gasteiger partial charge is 0.417 e. The van der Waals surface area contributed by atoms with Gasteiger partial charge in [0.2, 0.25) is 11.8 Å². The van der Waals surface area contributed by atoms with Crippen LogP contribution in [0.1, 0.15) is 42.3 Å². The first-order valence-corrected chi connectivity index (χ1v) is 9.85. The molecular formula is C22H25F3N4O3. The molecule has 2 rings (SSSR count). The summed E-state index contributed by atoms with van der Waals surface area (Å²) in [6, 6.07) is 3.07. The van der Waals surface area contributed by atoms with Gasteiger partial charge in [0.25, 0.3) is 5.91 Å². The number of aromatic nitrogens is 2. The van der Waals surface area contributed by atoms with Gasteiger partial charge in [-0.25, -0.2) is 9.97 Å². The molecular weight excluding hydrogens is 425 g/mol. The van der Waals surface area contributed by atoms with Crippen LogP contribution in [-0.4, -0.2) is 52.8 Å². The maximum absolute atomic E-state index is 13.3. The second kappa shape index (κ2) is 10.7. The minimum absolute atomic E-state index is 0.0157. The Morgan fingerprint density at radius 3 is 2.44 bits per heavy atom. The Balaban J connectivity index is 2.20. The molecule has 2 aromatic rings. The summed E-state index contributed by atoms with van der Waals surface area (Å²) in [6.07, 6.45) is 0.875. The zero-order valence-corrected chi connectivity index (χ0v) is 18.2. The van der Waals surface area contributed by atoms with Crippen LogP contribution in [0.3, 0.4) is 0 Å². The molecule has 0 spiro atoms. The normalized spacial score (nSPS) is 12.5. The average Bonchev–Trinajstić information content (AvgIpc) is 2.77. The van der Waals surface area contributed by atoms with Crippen molar-refractivity contribution in [2.75, 3.05) is 20.3 Å². The van der Waals surface area contributed by atoms with Crippen molar-refractivity contribution in [1.29, 1.82) is 5.41 Å². The van der Waals surface area contributed by atoms with Crippen molar-refractivity contribution in [2.24, 2.45) is 0 Å². The molecule has 2 heterocycles. The van der Waals surface area contributed by atoms with Gasteiger partial charge in [0.15, 0.2) is 0 Å². The first-order valence-electron chi connectivity index (χ1n) is 9.85. The molecule has 10 heteroatoms. The standard InChI is InChI=1S/C22H25F3N4O3/c1-5-7-18(26)17-12-28-20(31-4)10-16(17)21(30)29(6-2)14(3)13-32-19-9-8-15(11-27-19)22(23,24)25/h5,7-12,14,26H,6,13H2,1-4H3/b7-5-,26-18?/t14-/m0/s1. The molecule has 0 aliphatic carbocycles. The van der Waals surface area contributed by atoms with E-state index in [1.807, 2.05) is 0 Å². The largest absolute Gasteiger partial charge is 0.481 e. The van der Waals surface area contributed by atoms with Crippen molar-refractivity contribution in [2.45, 2.75) is 33.0 Å². The molecule has 0 aromatic carbocycles. The highest BCUT2D eigenvalue weighted by atomic mass is 19.4. The highest BCUT2D eigenvalue weighted by molar-refractivity contribution is 6.13. The third-order valence-corrected chi connectivity index (χ3v) is 4.61. The van der Waals surface area contributed by atoms with Crippen LogP contribution >= 0.6 is 0 Å². The quantitative estimate of drug-likeness (QED) is 0.573. The molecule has 0 fully saturated rings. The third kappa shape index (κ3) is 6.05. The number of hydrogen-bond donors (Lipinski definition) is 1. The van der Waals surface area contributed by atoms with Crippen LogP contribution in [0.4, 0.5) is 13.2 Å². The number of likely N-dealkylation sites (N-methyl/N-ethyl adjacent to an activating group) is 1. The van der Waals surface area contributed by atoms with E-state index in [1.54, 1.807) is 32.9 Å². The fourth-order valence-electron chi connectivity index (χ4n) is 2.94. The summed E-state index contributed by atoms with van der Waals surface area (Å²) in [7, 11) is 1.43. The number of pyridine rings is 2. The predicted octanol–water partition coefficient (Wildman–Crippen LogP) is 4.38. The van der Waals surface area contributed by atoms with Gasteiger partial charge in [0.05, 0.1) is 30.0 Å². The Morgan fingerprint density at radius 1 is 1.22 bits per heavy atom. The van der Waals surface area contributed by atoms with Gasteiger partial charge in [-0.15, -0.1) is 0 Å². The van der Waals surface area contributed by atoms with Crippen molar-refractivity contribution in [3.63, 3.8) is 0 Å². The maximum atomic E-state index is 13.3. The summed E-state index contributed by atoms with van der Waals surface area (Å²) >= 11 is 0. The molecule has 7 nitrogen and oxygen atoms in total. The molecule has 1 atom stereocenters. The number of nitrogens with one attached hydrogen (secondary N) is 1. The molecule has 0 saturated heterocycles. The third-order valence-electron chi connectivity index (χ3n) is 4.61. The van der Waals surface area contributed by atoms with Crippen LogP contribution in [-0.2, 0) is 6.18 Å². The van der Waals surface area contributed by atoms with E-state index in [1.165, 1.54) is 24.3 Å². The Hall–Kier alpha value is -3.43. The van der Waals surface area contributed by atoms with Gasteiger partial charge < -0.3 is 19.8 Å². The van der Waals surface area contributed by atoms with Gasteiger partial charge in [-0.3, -0.25) is 4.79 Å². The van der Waals surface area contributed by atoms with Crippen LogP contribution in [0.5, 0.6) is 11.8 Å². The molecule has 0 aliphatic rings. The Kier molecular flexibility index (Phi) is 8.34. The van der Waals surface area contributed by atoms with E-state index in [4.69, 9.17) is 14.9 Å². The van der Waals surface area contributed by atoms with Gasteiger partial charge in [0, 0.05) is 36.6 Å². The average molecular weight is 450 g/mol. The van der Waals surface area contributed by atoms with Crippen molar-refractivity contribution < 1.29 is 27.4 Å². The second-order valence-corrected chi connectivity index (χ2v) is 6.82. The lowest BCUT2D eigenvalue weighted by molar-refractivity contribution is -0.137. The minimum Gasteiger partial charge on any atom is -0.481 e. The Bertz CT molecular complexity index is 975. The fraction of sp³-hybridized carbons (Fsp3) is 0.364. The SMILES string of the molecule is C/C=C\C(=N)c1cnc(OC)cc1C(=O)N(CC)[C@@H](C)COc1ccc(C(F)(F)F)cn1. The van der Waals surface area contributed by atoms with Crippen LogP contribution in [0.25, 0.3) is 0 Å². The van der Waals surface area contributed by atoms with E-state index in [2.05, 4.69) is 9.97 Å². The predicted molar refractivity (Wildman–Crippen MR) is 113 cm³/mol. The van der Waals surface area contributed by atoms with Crippen molar-refractivity contribution in [3.05, 3.63) is 59.4 Å². The molecule has 1 N–H and O–H groups in total. The fourth-order valence-corrected chi connectivity index (χ4v) is 2.94. The lowest BCUT2D eigenvalue weighted by atomic mass is 10.0. The van der Waals surface area contributed by atoms with Crippen LogP contribution in [0.15, 0.2) is 42.7 Å². The zero-order chi connectivity index (χ0) is 23.9. The molecule has 0 unspecified atom stereocenters. The lowest BCUT2D eigenvalue weighted by Gasteiger charge is -2.28. The molecule has 1 amide bonds. The number of ether oxygens (including phenoxy) is 2. The Labute approximate surface area is 184 Å². The molecule has 0 aliphatic heterocycles. The summed E-state index contributed by atoms with van der Waals surface area (Å²) in [6.45, 7) is 5.66. The van der Waals surface area contributed by atoms with Crippen molar-refractivity contribution in [1.82, 2.24) is 14.9 Å². The number of rotatable bonds is 9. The molecule has 32 heavy (non-hydrogen) atoms. The van der Waals surface area contributed by atoms with Crippen LogP contribution in [0, 0.1) is 5.41 Å². The van der Waals surface area contributed by atoms with Crippen LogP contribution < -0.4 is 9.47 Å². The second-order valence-electron chi connectivity index (χ2n) is 6.82. The molecule has 0 saturated carbocycles. The number of halogens is 3. The zero-order valence-electron chi connectivity index (χ0n) is 18.2. The number of nitrogens with zero attached hydrogens (tertiary/aromatic N) is 3. The highest BCUT2D eigenvalue weighted by Gasteiger charge is 2.31. The van der Waals surface area contributed by atoms with E-state index < -0.39 is 17.8 Å². The van der Waals surface area contributed by atoms with E-state index in [9.17, 15) is 18.0 Å². The van der Waals surface area contributed by atoms with Crippen molar-refractivity contribution in [3.8, 4) is 11.8 Å². The molecule has 0 radical (unpaired) electrons. The number of amides is 1. The van der Waals surface area contributed by atoms with E-state index >= 15 is 0 Å². The molecule has 2 aromatic heterocycles. The summed E-state index contributed by atoms with van der Waals surface area (Å²) in [5.74, 6) is -0.0947. The molecule has 0 bridgehead atoms. The summed E-state index contributed by atoms with van der Waals surface area (Å²) in [4.78, 5) is 22.6. The van der Waals surface area contributed by atoms with Gasteiger partial charge >= 0.3 is 6.18 Å². The lowest BCUT2D eigenvalue weighted by Crippen LogP contribution is -2.42. The Morgan fingerprint density at radius 2 is 1.91 bits per heavy atom. The topological polar surface area (TPSA) is 88.4 Å².